The van der Waals surface area contributed by atoms with Crippen molar-refractivity contribution in [3.63, 3.8) is 0 Å². The molecule has 1 aliphatic carbocycles. The van der Waals surface area contributed by atoms with Crippen LogP contribution in [0.2, 0.25) is 0 Å². The van der Waals surface area contributed by atoms with Gasteiger partial charge in [-0.2, -0.15) is 4.79 Å². The van der Waals surface area contributed by atoms with Crippen molar-refractivity contribution >= 4 is 17.6 Å². The lowest BCUT2D eigenvalue weighted by atomic mass is 10.00. The van der Waals surface area contributed by atoms with Crippen molar-refractivity contribution in [2.45, 2.75) is 25.7 Å². The number of para-hydroxylation sites is 1. The Morgan fingerprint density at radius 1 is 1.05 bits per heavy atom. The van der Waals surface area contributed by atoms with Gasteiger partial charge in [0, 0.05) is 12.8 Å². The van der Waals surface area contributed by atoms with E-state index in [0.29, 0.717) is 11.4 Å². The van der Waals surface area contributed by atoms with Gasteiger partial charge in [-0.25, -0.2) is 9.78 Å². The molecule has 1 aliphatic heterocycles. The van der Waals surface area contributed by atoms with Crippen LogP contribution in [0.5, 0.6) is 0 Å². The molecule has 5 nitrogen and oxygen atoms in total. The van der Waals surface area contributed by atoms with Crippen LogP contribution in [0.4, 0.5) is 10.5 Å². The number of aromatic nitrogens is 2. The molecule has 2 aromatic rings. The van der Waals surface area contributed by atoms with Crippen molar-refractivity contribution in [3.8, 4) is 0 Å². The molecule has 21 heavy (non-hydrogen) atoms. The van der Waals surface area contributed by atoms with Gasteiger partial charge in [-0.1, -0.05) is 18.2 Å². The van der Waals surface area contributed by atoms with E-state index in [9.17, 15) is 9.59 Å². The second kappa shape index (κ2) is 4.48. The van der Waals surface area contributed by atoms with Crippen molar-refractivity contribution in [1.82, 2.24) is 0 Å². The first kappa shape index (κ1) is 12.2. The van der Waals surface area contributed by atoms with Crippen LogP contribution < -0.4 is 14.5 Å². The molecule has 2 aliphatic rings. The number of fused-ring (bicyclic) bond motifs is 3. The highest BCUT2D eigenvalue weighted by Crippen LogP contribution is 2.22. The number of aryl methyl sites for hydroxylation is 1. The van der Waals surface area contributed by atoms with Gasteiger partial charge in [0.2, 0.25) is 11.9 Å². The number of rotatable bonds is 1. The monoisotopic (exact) mass is 281 g/mol. The number of hydrogen-bond donors (Lipinski definition) is 0. The fourth-order valence-electron chi connectivity index (χ4n) is 3.14. The van der Waals surface area contributed by atoms with Crippen LogP contribution in [0.15, 0.2) is 36.5 Å². The smallest absolute Gasteiger partial charge is 0.236 e. The van der Waals surface area contributed by atoms with Crippen molar-refractivity contribution in [2.24, 2.45) is 0 Å². The van der Waals surface area contributed by atoms with E-state index in [1.165, 1.54) is 4.90 Å². The summed E-state index contributed by atoms with van der Waals surface area (Å²) in [4.78, 5) is 29.7. The minimum absolute atomic E-state index is 0.268. The third-order valence-electron chi connectivity index (χ3n) is 4.15. The molecule has 1 aromatic heterocycles. The standard InChI is InChI=1S/C16H14N3O2/c20-15-14-10-17-12-8-4-5-9-13(12)19(14)16(21)18(15)11-6-2-1-3-7-11/h1-3,6-7,10H,4-5,8-9H2/q+1/p+1. The summed E-state index contributed by atoms with van der Waals surface area (Å²) in [5.41, 5.74) is 3.06. The van der Waals surface area contributed by atoms with Gasteiger partial charge >= 0.3 is 11.9 Å². The Balaban J connectivity index is 1.87. The molecule has 0 unspecified atom stereocenters. The Kier molecular flexibility index (Phi) is 2.60. The van der Waals surface area contributed by atoms with Gasteiger partial charge in [0.1, 0.15) is 5.69 Å². The molecule has 0 bridgehead atoms. The lowest BCUT2D eigenvalue weighted by Crippen LogP contribution is -2.52. The Hall–Kier alpha value is -2.56. The molecule has 1 N–H and O–H groups in total. The van der Waals surface area contributed by atoms with Crippen LogP contribution in [0.1, 0.15) is 34.7 Å². The third kappa shape index (κ3) is 1.70. The zero-order valence-corrected chi connectivity index (χ0v) is 11.5. The normalized spacial score (nSPS) is 16.9. The lowest BCUT2D eigenvalue weighted by Gasteiger charge is -2.09. The van der Waals surface area contributed by atoms with Crippen LogP contribution >= 0.6 is 0 Å². The predicted molar refractivity (Wildman–Crippen MR) is 73.9 cm³/mol. The first-order valence-corrected chi connectivity index (χ1v) is 7.20. The molecule has 5 heteroatoms. The molecule has 4 rings (SSSR count). The summed E-state index contributed by atoms with van der Waals surface area (Å²) in [6.07, 6.45) is 5.60. The molecule has 2 heterocycles. The van der Waals surface area contributed by atoms with Gasteiger partial charge in [0.15, 0.2) is 5.69 Å². The minimum Gasteiger partial charge on any atom is -0.236 e. The number of nitrogens with zero attached hydrogens (tertiary/aromatic N) is 2. The molecule has 2 amide bonds. The van der Waals surface area contributed by atoms with E-state index in [-0.39, 0.29) is 11.9 Å². The maximum atomic E-state index is 12.7. The van der Waals surface area contributed by atoms with Gasteiger partial charge in [0.25, 0.3) is 5.69 Å². The highest BCUT2D eigenvalue weighted by Gasteiger charge is 2.51. The molecule has 1 aromatic carbocycles. The largest absolute Gasteiger partial charge is 0.512 e. The van der Waals surface area contributed by atoms with E-state index in [1.54, 1.807) is 22.9 Å². The van der Waals surface area contributed by atoms with Gasteiger partial charge in [0.05, 0.1) is 0 Å². The Labute approximate surface area is 121 Å². The van der Waals surface area contributed by atoms with E-state index in [4.69, 9.17) is 0 Å². The molecule has 0 atom stereocenters. The molecular weight excluding hydrogens is 266 g/mol. The SMILES string of the molecule is O=C1c2c[nH+]c3c([n+]2C(=O)N1c1ccccc1)CCCC3. The topological polar surface area (TPSA) is 55.4 Å². The summed E-state index contributed by atoms with van der Waals surface area (Å²) in [5, 5.41) is 0. The third-order valence-corrected chi connectivity index (χ3v) is 4.15. The van der Waals surface area contributed by atoms with E-state index >= 15 is 0 Å². The molecule has 0 radical (unpaired) electrons. The zero-order chi connectivity index (χ0) is 14.4. The van der Waals surface area contributed by atoms with Crippen molar-refractivity contribution < 1.29 is 19.1 Å². The number of hydrogen-bond acceptors (Lipinski definition) is 2. The highest BCUT2D eigenvalue weighted by atomic mass is 16.2. The average Bonchev–Trinajstić information content (AvgIpc) is 2.80. The molecule has 0 saturated heterocycles. The summed E-state index contributed by atoms with van der Waals surface area (Å²) in [6.45, 7) is 0. The summed E-state index contributed by atoms with van der Waals surface area (Å²) in [5.74, 6) is -0.268. The summed E-state index contributed by atoms with van der Waals surface area (Å²) >= 11 is 0. The van der Waals surface area contributed by atoms with Crippen LogP contribution in [0, 0.1) is 0 Å². The van der Waals surface area contributed by atoms with E-state index in [0.717, 1.165) is 37.1 Å². The number of aromatic amines is 1. The number of imide groups is 1. The Morgan fingerprint density at radius 3 is 2.62 bits per heavy atom. The average molecular weight is 281 g/mol. The number of H-pyrrole nitrogens is 1. The second-order valence-electron chi connectivity index (χ2n) is 5.40. The summed E-state index contributed by atoms with van der Waals surface area (Å²) < 4.78 is 1.58. The number of benzene rings is 1. The van der Waals surface area contributed by atoms with Crippen LogP contribution in [0.3, 0.4) is 0 Å². The molecule has 0 fully saturated rings. The second-order valence-corrected chi connectivity index (χ2v) is 5.40. The number of nitrogens with one attached hydrogen (secondary N) is 1. The molecule has 0 spiro atoms. The van der Waals surface area contributed by atoms with Crippen molar-refractivity contribution in [3.05, 3.63) is 53.6 Å². The number of anilines is 1. The zero-order valence-electron chi connectivity index (χ0n) is 11.5. The number of carbonyl (C=O) groups is 2. The Morgan fingerprint density at radius 2 is 1.81 bits per heavy atom. The number of amides is 2. The van der Waals surface area contributed by atoms with E-state index < -0.39 is 0 Å². The quantitative estimate of drug-likeness (QED) is 0.740. The van der Waals surface area contributed by atoms with Crippen molar-refractivity contribution in [2.75, 3.05) is 4.90 Å². The lowest BCUT2D eigenvalue weighted by molar-refractivity contribution is -0.596. The molecular formula is C16H15N3O2+2. The van der Waals surface area contributed by atoms with E-state index in [2.05, 4.69) is 4.98 Å². The molecule has 104 valence electrons. The van der Waals surface area contributed by atoms with Gasteiger partial charge in [-0.05, 0) is 25.0 Å². The summed E-state index contributed by atoms with van der Waals surface area (Å²) in [6, 6.07) is 8.80. The minimum atomic E-state index is -0.270. The number of carbonyl (C=O) groups excluding carboxylic acids is 2. The first-order valence-electron chi connectivity index (χ1n) is 7.20. The predicted octanol–water partition coefficient (Wildman–Crippen LogP) is 1.30. The maximum absolute atomic E-state index is 12.7. The van der Waals surface area contributed by atoms with Crippen LogP contribution in [0.25, 0.3) is 0 Å². The highest BCUT2D eigenvalue weighted by molar-refractivity contribution is 6.20. The first-order chi connectivity index (χ1) is 10.3. The van der Waals surface area contributed by atoms with Gasteiger partial charge in [-0.3, -0.25) is 0 Å². The fraction of sp³-hybridized carbons (Fsp3) is 0.250. The summed E-state index contributed by atoms with van der Waals surface area (Å²) in [7, 11) is 0. The van der Waals surface area contributed by atoms with Gasteiger partial charge in [-0.15, -0.1) is 9.47 Å². The molecule has 0 saturated carbocycles. The fourth-order valence-corrected chi connectivity index (χ4v) is 3.14. The van der Waals surface area contributed by atoms with E-state index in [1.807, 2.05) is 18.2 Å². The van der Waals surface area contributed by atoms with Gasteiger partial charge < -0.3 is 0 Å². The maximum Gasteiger partial charge on any atom is 0.512 e. The Bertz CT molecular complexity index is 756. The van der Waals surface area contributed by atoms with Crippen LogP contribution in [-0.4, -0.2) is 11.9 Å². The van der Waals surface area contributed by atoms with Crippen molar-refractivity contribution in [1.29, 1.82) is 0 Å². The van der Waals surface area contributed by atoms with Crippen LogP contribution in [-0.2, 0) is 12.8 Å².